The van der Waals surface area contributed by atoms with Gasteiger partial charge in [-0.15, -0.1) is 0 Å². The van der Waals surface area contributed by atoms with Gasteiger partial charge in [-0.2, -0.15) is 5.10 Å². The molecular formula is C18H14ClN3O2. The summed E-state index contributed by atoms with van der Waals surface area (Å²) in [4.78, 5) is 24.6. The van der Waals surface area contributed by atoms with E-state index in [0.29, 0.717) is 16.4 Å². The van der Waals surface area contributed by atoms with Gasteiger partial charge in [0.2, 0.25) is 5.43 Å². The van der Waals surface area contributed by atoms with E-state index in [1.807, 2.05) is 30.3 Å². The second-order valence-corrected chi connectivity index (χ2v) is 5.65. The molecule has 0 atom stereocenters. The number of halogens is 1. The summed E-state index contributed by atoms with van der Waals surface area (Å²) < 4.78 is 1.56. The maximum Gasteiger partial charge on any atom is 0.280 e. The second kappa shape index (κ2) is 6.68. The van der Waals surface area contributed by atoms with Gasteiger partial charge in [0.15, 0.2) is 5.69 Å². The summed E-state index contributed by atoms with van der Waals surface area (Å²) in [7, 11) is 0. The minimum atomic E-state index is -0.577. The van der Waals surface area contributed by atoms with Crippen molar-refractivity contribution >= 4 is 23.2 Å². The predicted octanol–water partition coefficient (Wildman–Crippen LogP) is 3.45. The number of amides is 1. The summed E-state index contributed by atoms with van der Waals surface area (Å²) in [6, 6.07) is 17.4. The highest BCUT2D eigenvalue weighted by molar-refractivity contribution is 6.30. The number of carbonyl (C=O) groups excluding carboxylic acids is 1. The van der Waals surface area contributed by atoms with E-state index >= 15 is 0 Å². The number of para-hydroxylation sites is 1. The molecule has 6 heteroatoms. The van der Waals surface area contributed by atoms with Crippen molar-refractivity contribution in [3.05, 3.63) is 87.3 Å². The molecule has 0 bridgehead atoms. The van der Waals surface area contributed by atoms with E-state index in [2.05, 4.69) is 10.4 Å². The third kappa shape index (κ3) is 3.36. The molecule has 0 unspecified atom stereocenters. The van der Waals surface area contributed by atoms with Gasteiger partial charge >= 0.3 is 0 Å². The Morgan fingerprint density at radius 2 is 1.83 bits per heavy atom. The molecule has 1 heterocycles. The van der Waals surface area contributed by atoms with Gasteiger partial charge in [-0.05, 0) is 37.3 Å². The smallest absolute Gasteiger partial charge is 0.280 e. The molecule has 0 aliphatic rings. The van der Waals surface area contributed by atoms with Crippen LogP contribution in [-0.2, 0) is 0 Å². The summed E-state index contributed by atoms with van der Waals surface area (Å²) >= 11 is 5.90. The van der Waals surface area contributed by atoms with Crippen LogP contribution in [0.4, 0.5) is 5.69 Å². The van der Waals surface area contributed by atoms with Gasteiger partial charge in [-0.1, -0.05) is 35.9 Å². The summed E-state index contributed by atoms with van der Waals surface area (Å²) in [6.07, 6.45) is 0. The molecule has 0 saturated heterocycles. The lowest BCUT2D eigenvalue weighted by molar-refractivity contribution is 0.101. The third-order valence-corrected chi connectivity index (χ3v) is 3.64. The lowest BCUT2D eigenvalue weighted by Crippen LogP contribution is -2.26. The lowest BCUT2D eigenvalue weighted by Gasteiger charge is -2.11. The number of aryl methyl sites for hydroxylation is 1. The highest BCUT2D eigenvalue weighted by Crippen LogP contribution is 2.15. The molecule has 5 nitrogen and oxygen atoms in total. The molecule has 0 fully saturated rings. The minimum absolute atomic E-state index is 0.176. The van der Waals surface area contributed by atoms with Crippen LogP contribution in [0, 0.1) is 6.92 Å². The monoisotopic (exact) mass is 339 g/mol. The average Bonchev–Trinajstić information content (AvgIpc) is 2.55. The van der Waals surface area contributed by atoms with Gasteiger partial charge in [-0.3, -0.25) is 9.59 Å². The molecule has 3 aromatic rings. The largest absolute Gasteiger partial charge is 0.320 e. The zero-order valence-corrected chi connectivity index (χ0v) is 13.6. The summed E-state index contributed by atoms with van der Waals surface area (Å²) in [6.45, 7) is 1.76. The number of benzene rings is 2. The fourth-order valence-electron chi connectivity index (χ4n) is 2.29. The molecule has 0 radical (unpaired) electrons. The molecule has 24 heavy (non-hydrogen) atoms. The van der Waals surface area contributed by atoms with Gasteiger partial charge in [0.05, 0.1) is 5.69 Å². The molecule has 0 aliphatic heterocycles. The van der Waals surface area contributed by atoms with Crippen molar-refractivity contribution in [2.45, 2.75) is 6.92 Å². The minimum Gasteiger partial charge on any atom is -0.320 e. The van der Waals surface area contributed by atoms with E-state index in [9.17, 15) is 9.59 Å². The zero-order chi connectivity index (χ0) is 17.1. The number of nitrogens with zero attached hydrogens (tertiary/aromatic N) is 2. The Hall–Kier alpha value is -2.92. The molecule has 0 aliphatic carbocycles. The van der Waals surface area contributed by atoms with E-state index in [0.717, 1.165) is 5.69 Å². The summed E-state index contributed by atoms with van der Waals surface area (Å²) in [5, 5.41) is 7.35. The fourth-order valence-corrected chi connectivity index (χ4v) is 2.48. The summed E-state index contributed by atoms with van der Waals surface area (Å²) in [5.74, 6) is -0.577. The van der Waals surface area contributed by atoms with Crippen molar-refractivity contribution in [2.24, 2.45) is 0 Å². The van der Waals surface area contributed by atoms with E-state index in [4.69, 9.17) is 11.6 Å². The maximum absolute atomic E-state index is 12.4. The zero-order valence-electron chi connectivity index (χ0n) is 12.9. The van der Waals surface area contributed by atoms with E-state index in [-0.39, 0.29) is 5.69 Å². The van der Waals surface area contributed by atoms with Crippen molar-refractivity contribution in [3.8, 4) is 5.69 Å². The molecule has 3 rings (SSSR count). The topological polar surface area (TPSA) is 64.0 Å². The second-order valence-electron chi connectivity index (χ2n) is 5.21. The number of hydrogen-bond donors (Lipinski definition) is 1. The first kappa shape index (κ1) is 16.0. The van der Waals surface area contributed by atoms with Crippen LogP contribution in [0.25, 0.3) is 5.69 Å². The molecule has 0 saturated carbocycles. The third-order valence-electron chi connectivity index (χ3n) is 3.41. The molecule has 1 amide bonds. The Morgan fingerprint density at radius 1 is 1.08 bits per heavy atom. The number of aromatic nitrogens is 2. The van der Waals surface area contributed by atoms with Crippen LogP contribution in [0.15, 0.2) is 65.5 Å². The Balaban J connectivity index is 1.99. The van der Waals surface area contributed by atoms with Crippen molar-refractivity contribution in [2.75, 3.05) is 5.32 Å². The van der Waals surface area contributed by atoms with Crippen LogP contribution in [0.3, 0.4) is 0 Å². The van der Waals surface area contributed by atoms with Crippen molar-refractivity contribution in [1.82, 2.24) is 9.78 Å². The number of rotatable bonds is 3. The van der Waals surface area contributed by atoms with Crippen LogP contribution in [-0.4, -0.2) is 15.7 Å². The molecule has 1 N–H and O–H groups in total. The van der Waals surface area contributed by atoms with Crippen molar-refractivity contribution in [3.63, 3.8) is 0 Å². The first-order chi connectivity index (χ1) is 11.5. The van der Waals surface area contributed by atoms with Crippen LogP contribution in [0.5, 0.6) is 0 Å². The number of nitrogens with one attached hydrogen (secondary N) is 1. The fraction of sp³-hybridized carbons (Fsp3) is 0.0556. The van der Waals surface area contributed by atoms with Gasteiger partial charge in [0.1, 0.15) is 0 Å². The van der Waals surface area contributed by atoms with Gasteiger partial charge in [-0.25, -0.2) is 4.68 Å². The first-order valence-electron chi connectivity index (χ1n) is 7.28. The average molecular weight is 340 g/mol. The van der Waals surface area contributed by atoms with Crippen molar-refractivity contribution < 1.29 is 4.79 Å². The van der Waals surface area contributed by atoms with Crippen molar-refractivity contribution in [1.29, 1.82) is 0 Å². The van der Waals surface area contributed by atoms with Gasteiger partial charge in [0, 0.05) is 22.5 Å². The highest BCUT2D eigenvalue weighted by atomic mass is 35.5. The Labute approximate surface area is 143 Å². The Bertz CT molecular complexity index is 952. The number of carbonyl (C=O) groups is 1. The molecule has 120 valence electrons. The molecular weight excluding hydrogens is 326 g/mol. The SMILES string of the molecule is Cc1cc(=O)c(C(=O)Nc2cccc(Cl)c2)nn1-c1ccccc1. The standard InChI is InChI=1S/C18H14ClN3O2/c1-12-10-16(23)17(21-22(12)15-8-3-2-4-9-15)18(24)20-14-7-5-6-13(19)11-14/h2-11H,1H3,(H,20,24). The van der Waals surface area contributed by atoms with Crippen LogP contribution in [0.2, 0.25) is 5.02 Å². The van der Waals surface area contributed by atoms with Crippen LogP contribution < -0.4 is 10.7 Å². The first-order valence-corrected chi connectivity index (χ1v) is 7.66. The van der Waals surface area contributed by atoms with E-state index in [1.54, 1.807) is 35.9 Å². The molecule has 1 aromatic heterocycles. The quantitative estimate of drug-likeness (QED) is 0.795. The van der Waals surface area contributed by atoms with Crippen LogP contribution >= 0.6 is 11.6 Å². The number of anilines is 1. The van der Waals surface area contributed by atoms with Gasteiger partial charge < -0.3 is 5.32 Å². The normalized spacial score (nSPS) is 10.4. The molecule has 2 aromatic carbocycles. The number of hydrogen-bond acceptors (Lipinski definition) is 3. The highest BCUT2D eigenvalue weighted by Gasteiger charge is 2.15. The summed E-state index contributed by atoms with van der Waals surface area (Å²) in [5.41, 5.74) is 1.31. The Morgan fingerprint density at radius 3 is 2.54 bits per heavy atom. The van der Waals surface area contributed by atoms with E-state index < -0.39 is 11.3 Å². The predicted molar refractivity (Wildman–Crippen MR) is 94.0 cm³/mol. The Kier molecular flexibility index (Phi) is 4.44. The lowest BCUT2D eigenvalue weighted by atomic mass is 10.2. The van der Waals surface area contributed by atoms with Gasteiger partial charge in [0.25, 0.3) is 5.91 Å². The maximum atomic E-state index is 12.4. The molecule has 0 spiro atoms. The van der Waals surface area contributed by atoms with Crippen LogP contribution in [0.1, 0.15) is 16.2 Å². The van der Waals surface area contributed by atoms with E-state index in [1.165, 1.54) is 6.07 Å².